The molecule has 0 heterocycles. The van der Waals surface area contributed by atoms with E-state index in [0.29, 0.717) is 10.5 Å². The first-order valence-electron chi connectivity index (χ1n) is 6.87. The second kappa shape index (κ2) is 7.30. The third-order valence-electron chi connectivity index (χ3n) is 3.26. The van der Waals surface area contributed by atoms with Crippen LogP contribution in [0.1, 0.15) is 23.6 Å². The first-order valence-corrected chi connectivity index (χ1v) is 6.87. The number of halogens is 4. The van der Waals surface area contributed by atoms with E-state index in [2.05, 4.69) is 6.58 Å². The summed E-state index contributed by atoms with van der Waals surface area (Å²) in [4.78, 5) is 12.6. The number of amides is 1. The van der Waals surface area contributed by atoms with Crippen LogP contribution in [0.5, 0.6) is 0 Å². The molecule has 1 aromatic rings. The SMILES string of the molecule is C=C(C)/C=C(\N(C)C(=O)Cc1cc(C)c(C#N)cc1F)C(F)(F)F. The molecule has 1 amide bonds. The van der Waals surface area contributed by atoms with Crippen LogP contribution < -0.4 is 0 Å². The fourth-order valence-corrected chi connectivity index (χ4v) is 2.02. The Hall–Kier alpha value is -2.62. The van der Waals surface area contributed by atoms with Gasteiger partial charge in [0.2, 0.25) is 5.91 Å². The molecule has 0 saturated carbocycles. The molecule has 0 radical (unpaired) electrons. The normalized spacial score (nSPS) is 11.8. The summed E-state index contributed by atoms with van der Waals surface area (Å²) in [5, 5.41) is 8.82. The van der Waals surface area contributed by atoms with Gasteiger partial charge in [-0.1, -0.05) is 18.2 Å². The van der Waals surface area contributed by atoms with Gasteiger partial charge in [-0.15, -0.1) is 0 Å². The molecule has 0 unspecified atom stereocenters. The number of carbonyl (C=O) groups is 1. The lowest BCUT2D eigenvalue weighted by molar-refractivity contribution is -0.139. The minimum absolute atomic E-state index is 0.0693. The van der Waals surface area contributed by atoms with E-state index in [-0.39, 0.29) is 16.7 Å². The molecular weight excluding hydrogens is 324 g/mol. The molecule has 0 saturated heterocycles. The van der Waals surface area contributed by atoms with Gasteiger partial charge in [-0.3, -0.25) is 4.79 Å². The first-order chi connectivity index (χ1) is 11.0. The second-order valence-corrected chi connectivity index (χ2v) is 5.37. The number of aryl methyl sites for hydroxylation is 1. The molecule has 7 heteroatoms. The van der Waals surface area contributed by atoms with Crippen LogP contribution in [-0.2, 0) is 11.2 Å². The Balaban J connectivity index is 3.13. The molecule has 0 aliphatic carbocycles. The van der Waals surface area contributed by atoms with E-state index in [0.717, 1.165) is 19.2 Å². The molecular formula is C17H16F4N2O. The van der Waals surface area contributed by atoms with Crippen LogP contribution in [0.2, 0.25) is 0 Å². The van der Waals surface area contributed by atoms with Gasteiger partial charge in [0.1, 0.15) is 11.5 Å². The number of alkyl halides is 3. The predicted molar refractivity (Wildman–Crippen MR) is 81.3 cm³/mol. The van der Waals surface area contributed by atoms with E-state index >= 15 is 0 Å². The minimum Gasteiger partial charge on any atom is -0.311 e. The molecule has 0 aromatic heterocycles. The summed E-state index contributed by atoms with van der Waals surface area (Å²) < 4.78 is 53.1. The van der Waals surface area contributed by atoms with Crippen molar-refractivity contribution in [2.75, 3.05) is 7.05 Å². The summed E-state index contributed by atoms with van der Waals surface area (Å²) in [5.74, 6) is -1.74. The third kappa shape index (κ3) is 4.69. The number of nitriles is 1. The maximum absolute atomic E-state index is 13.9. The maximum atomic E-state index is 13.9. The van der Waals surface area contributed by atoms with Gasteiger partial charge in [-0.05, 0) is 37.1 Å². The average Bonchev–Trinajstić information content (AvgIpc) is 2.46. The van der Waals surface area contributed by atoms with Crippen molar-refractivity contribution in [3.63, 3.8) is 0 Å². The maximum Gasteiger partial charge on any atom is 0.431 e. The Bertz CT molecular complexity index is 742. The highest BCUT2D eigenvalue weighted by Crippen LogP contribution is 2.29. The molecule has 1 aromatic carbocycles. The number of rotatable bonds is 4. The quantitative estimate of drug-likeness (QED) is 0.614. The van der Waals surface area contributed by atoms with Crippen LogP contribution in [0.4, 0.5) is 17.6 Å². The van der Waals surface area contributed by atoms with Gasteiger partial charge in [-0.25, -0.2) is 4.39 Å². The van der Waals surface area contributed by atoms with Crippen molar-refractivity contribution in [2.45, 2.75) is 26.4 Å². The van der Waals surface area contributed by atoms with Crippen molar-refractivity contribution in [1.82, 2.24) is 4.90 Å². The van der Waals surface area contributed by atoms with Gasteiger partial charge in [0, 0.05) is 7.05 Å². The van der Waals surface area contributed by atoms with Crippen molar-refractivity contribution >= 4 is 5.91 Å². The number of nitrogens with zero attached hydrogens (tertiary/aromatic N) is 2. The Morgan fingerprint density at radius 2 is 2.00 bits per heavy atom. The van der Waals surface area contributed by atoms with Crippen molar-refractivity contribution in [3.05, 3.63) is 58.6 Å². The summed E-state index contributed by atoms with van der Waals surface area (Å²) in [7, 11) is 0.971. The Kier molecular flexibility index (Phi) is 5.91. The standard InChI is InChI=1S/C17H16F4N2O/c1-10(2)5-15(17(19,20)21)23(4)16(24)8-12-6-11(3)13(9-22)7-14(12)18/h5-7H,1,8H2,2-4H3/b15-5-. The summed E-state index contributed by atoms with van der Waals surface area (Å²) >= 11 is 0. The van der Waals surface area contributed by atoms with Crippen LogP contribution in [0, 0.1) is 24.1 Å². The van der Waals surface area contributed by atoms with Gasteiger partial charge in [0.05, 0.1) is 18.1 Å². The highest BCUT2D eigenvalue weighted by atomic mass is 19.4. The number of likely N-dealkylation sites (N-methyl/N-ethyl adjacent to an activating group) is 1. The molecule has 3 nitrogen and oxygen atoms in total. The zero-order valence-corrected chi connectivity index (χ0v) is 13.5. The lowest BCUT2D eigenvalue weighted by Gasteiger charge is -2.23. The molecule has 24 heavy (non-hydrogen) atoms. The Morgan fingerprint density at radius 3 is 2.46 bits per heavy atom. The van der Waals surface area contributed by atoms with Gasteiger partial charge < -0.3 is 4.90 Å². The zero-order chi connectivity index (χ0) is 18.7. The molecule has 0 aliphatic heterocycles. The Morgan fingerprint density at radius 1 is 1.42 bits per heavy atom. The second-order valence-electron chi connectivity index (χ2n) is 5.37. The first kappa shape index (κ1) is 19.4. The van der Waals surface area contributed by atoms with Gasteiger partial charge in [-0.2, -0.15) is 18.4 Å². The zero-order valence-electron chi connectivity index (χ0n) is 13.5. The van der Waals surface area contributed by atoms with E-state index in [1.807, 2.05) is 0 Å². The average molecular weight is 340 g/mol. The smallest absolute Gasteiger partial charge is 0.311 e. The molecule has 128 valence electrons. The van der Waals surface area contributed by atoms with E-state index < -0.39 is 30.0 Å². The van der Waals surface area contributed by atoms with Crippen LogP contribution in [0.25, 0.3) is 0 Å². The summed E-state index contributed by atoms with van der Waals surface area (Å²) in [6.07, 6.45) is -4.56. The molecule has 0 bridgehead atoms. The van der Waals surface area contributed by atoms with Gasteiger partial charge in [0.15, 0.2) is 0 Å². The topological polar surface area (TPSA) is 44.1 Å². The van der Waals surface area contributed by atoms with Crippen LogP contribution in [0.15, 0.2) is 36.1 Å². The molecule has 0 atom stereocenters. The number of hydrogen-bond donors (Lipinski definition) is 0. The summed E-state index contributed by atoms with van der Waals surface area (Å²) in [5.41, 5.74) is -0.568. The monoisotopic (exact) mass is 340 g/mol. The van der Waals surface area contributed by atoms with Crippen molar-refractivity contribution in [1.29, 1.82) is 5.26 Å². The lowest BCUT2D eigenvalue weighted by atomic mass is 10.0. The summed E-state index contributed by atoms with van der Waals surface area (Å²) in [6, 6.07) is 4.05. The number of allylic oxidation sites excluding steroid dienone is 3. The molecule has 0 N–H and O–H groups in total. The van der Waals surface area contributed by atoms with E-state index in [1.54, 1.807) is 13.0 Å². The third-order valence-corrected chi connectivity index (χ3v) is 3.26. The summed E-state index contributed by atoms with van der Waals surface area (Å²) in [6.45, 7) is 6.30. The predicted octanol–water partition coefficient (Wildman–Crippen LogP) is 4.03. The van der Waals surface area contributed by atoms with E-state index in [9.17, 15) is 22.4 Å². The number of carbonyl (C=O) groups excluding carboxylic acids is 1. The minimum atomic E-state index is -4.75. The Labute approximate surface area is 137 Å². The van der Waals surface area contributed by atoms with Gasteiger partial charge in [0.25, 0.3) is 0 Å². The lowest BCUT2D eigenvalue weighted by Crippen LogP contribution is -2.35. The van der Waals surface area contributed by atoms with Gasteiger partial charge >= 0.3 is 6.18 Å². The van der Waals surface area contributed by atoms with Crippen molar-refractivity contribution < 1.29 is 22.4 Å². The van der Waals surface area contributed by atoms with Crippen LogP contribution in [0.3, 0.4) is 0 Å². The number of hydrogen-bond acceptors (Lipinski definition) is 2. The van der Waals surface area contributed by atoms with Crippen molar-refractivity contribution in [2.24, 2.45) is 0 Å². The van der Waals surface area contributed by atoms with Crippen LogP contribution >= 0.6 is 0 Å². The fraction of sp³-hybridized carbons (Fsp3) is 0.294. The number of benzene rings is 1. The fourth-order valence-electron chi connectivity index (χ4n) is 2.02. The van der Waals surface area contributed by atoms with Crippen LogP contribution in [-0.4, -0.2) is 24.0 Å². The molecule has 0 aliphatic rings. The molecule has 0 spiro atoms. The highest BCUT2D eigenvalue weighted by Gasteiger charge is 2.38. The van der Waals surface area contributed by atoms with E-state index in [4.69, 9.17) is 5.26 Å². The molecule has 1 rings (SSSR count). The largest absolute Gasteiger partial charge is 0.431 e. The van der Waals surface area contributed by atoms with E-state index in [1.165, 1.54) is 13.0 Å². The molecule has 0 fully saturated rings. The van der Waals surface area contributed by atoms with Crippen molar-refractivity contribution in [3.8, 4) is 6.07 Å². The highest BCUT2D eigenvalue weighted by molar-refractivity contribution is 5.80.